The number of aliphatic hydroxyl groups excluding tert-OH is 1. The van der Waals surface area contributed by atoms with Crippen molar-refractivity contribution in [3.63, 3.8) is 0 Å². The zero-order chi connectivity index (χ0) is 22.1. The first-order chi connectivity index (χ1) is 13.5. The molecule has 1 unspecified atom stereocenters. The van der Waals surface area contributed by atoms with E-state index in [2.05, 4.69) is 16.0 Å². The molecule has 3 amide bonds. The highest BCUT2D eigenvalue weighted by molar-refractivity contribution is 5.84. The Bertz CT molecular complexity index is 552. The predicted octanol–water partition coefficient (Wildman–Crippen LogP) is 1.42. The highest BCUT2D eigenvalue weighted by Crippen LogP contribution is 2.17. The van der Waals surface area contributed by atoms with Crippen LogP contribution in [0.15, 0.2) is 0 Å². The van der Waals surface area contributed by atoms with Crippen molar-refractivity contribution in [2.75, 3.05) is 13.2 Å². The number of rotatable bonds is 11. The molecule has 1 heterocycles. The van der Waals surface area contributed by atoms with E-state index in [1.165, 1.54) is 0 Å². The molecule has 0 aromatic carbocycles. The molecule has 8 nitrogen and oxygen atoms in total. The molecule has 1 fully saturated rings. The maximum Gasteiger partial charge on any atom is 0.408 e. The van der Waals surface area contributed by atoms with Gasteiger partial charge in [-0.3, -0.25) is 9.59 Å². The number of carbonyl (C=O) groups is 3. The van der Waals surface area contributed by atoms with Gasteiger partial charge in [-0.1, -0.05) is 27.7 Å². The lowest BCUT2D eigenvalue weighted by molar-refractivity contribution is -0.132. The minimum Gasteiger partial charge on any atom is -0.436 e. The van der Waals surface area contributed by atoms with Gasteiger partial charge in [0.2, 0.25) is 5.91 Å². The number of hydrogen-bond donors (Lipinski definition) is 4. The molecule has 1 aliphatic rings. The molecule has 4 atom stereocenters. The number of carbonyl (C=O) groups excluding carboxylic acids is 3. The summed E-state index contributed by atoms with van der Waals surface area (Å²) in [6.45, 7) is 6.90. The van der Waals surface area contributed by atoms with Crippen LogP contribution in [0.3, 0.4) is 0 Å². The molecule has 0 aromatic heterocycles. The van der Waals surface area contributed by atoms with Crippen molar-refractivity contribution < 1.29 is 33.0 Å². The normalized spacial score (nSPS) is 19.8. The largest absolute Gasteiger partial charge is 0.436 e. The fourth-order valence-electron chi connectivity index (χ4n) is 3.14. The van der Waals surface area contributed by atoms with E-state index in [0.29, 0.717) is 13.0 Å². The zero-order valence-electron chi connectivity index (χ0n) is 17.4. The van der Waals surface area contributed by atoms with Gasteiger partial charge < -0.3 is 25.8 Å². The predicted molar refractivity (Wildman–Crippen MR) is 102 cm³/mol. The van der Waals surface area contributed by atoms with Gasteiger partial charge in [-0.05, 0) is 31.1 Å². The van der Waals surface area contributed by atoms with Crippen LogP contribution >= 0.6 is 0 Å². The maximum absolute atomic E-state index is 13.0. The van der Waals surface area contributed by atoms with Gasteiger partial charge in [0.1, 0.15) is 0 Å². The lowest BCUT2D eigenvalue weighted by Gasteiger charge is -2.26. The molecule has 29 heavy (non-hydrogen) atoms. The maximum atomic E-state index is 13.0. The van der Waals surface area contributed by atoms with E-state index in [9.17, 15) is 28.3 Å². The zero-order valence-corrected chi connectivity index (χ0v) is 17.4. The second kappa shape index (κ2) is 11.9. The minimum absolute atomic E-state index is 0.0114. The Morgan fingerprint density at radius 1 is 1.24 bits per heavy atom. The van der Waals surface area contributed by atoms with Crippen molar-refractivity contribution in [2.45, 2.75) is 71.6 Å². The number of amides is 3. The number of hydrogen-bond acceptors (Lipinski definition) is 5. The molecule has 168 valence electrons. The second-order valence-electron chi connectivity index (χ2n) is 8.17. The number of alkyl halides is 2. The van der Waals surface area contributed by atoms with Crippen molar-refractivity contribution in [3.05, 3.63) is 0 Å². The first kappa shape index (κ1) is 25.1. The second-order valence-corrected chi connectivity index (χ2v) is 8.17. The summed E-state index contributed by atoms with van der Waals surface area (Å²) in [6, 6.07) is -2.07. The van der Waals surface area contributed by atoms with Crippen molar-refractivity contribution in [3.8, 4) is 0 Å². The molecule has 0 spiro atoms. The molecule has 4 N–H and O–H groups in total. The average molecular weight is 421 g/mol. The van der Waals surface area contributed by atoms with Gasteiger partial charge in [-0.15, -0.1) is 0 Å². The van der Waals surface area contributed by atoms with E-state index in [-0.39, 0.29) is 37.2 Å². The van der Waals surface area contributed by atoms with Crippen LogP contribution in [0.25, 0.3) is 0 Å². The summed E-state index contributed by atoms with van der Waals surface area (Å²) in [5.41, 5.74) is 0. The van der Waals surface area contributed by atoms with Crippen LogP contribution in [-0.4, -0.2) is 60.8 Å². The summed E-state index contributed by atoms with van der Waals surface area (Å²) in [7, 11) is 0. The lowest BCUT2D eigenvalue weighted by atomic mass is 9.98. The highest BCUT2D eigenvalue weighted by Gasteiger charge is 2.32. The van der Waals surface area contributed by atoms with Gasteiger partial charge in [0.25, 0.3) is 12.3 Å². The summed E-state index contributed by atoms with van der Waals surface area (Å²) in [5.74, 6) is -1.60. The summed E-state index contributed by atoms with van der Waals surface area (Å²) in [5, 5.41) is 17.0. The summed E-state index contributed by atoms with van der Waals surface area (Å²) < 4.78 is 31.2. The van der Waals surface area contributed by atoms with Crippen molar-refractivity contribution in [1.29, 1.82) is 0 Å². The molecule has 1 rings (SSSR count). The van der Waals surface area contributed by atoms with Crippen LogP contribution in [0.2, 0.25) is 0 Å². The third kappa shape index (κ3) is 8.51. The van der Waals surface area contributed by atoms with Crippen molar-refractivity contribution >= 4 is 17.9 Å². The van der Waals surface area contributed by atoms with Crippen LogP contribution < -0.4 is 16.0 Å². The Morgan fingerprint density at radius 3 is 2.34 bits per heavy atom. The fraction of sp³-hybridized carbons (Fsp3) is 0.842. The number of alkyl carbamates (subject to hydrolysis) is 1. The molecule has 0 radical (unpaired) electrons. The van der Waals surface area contributed by atoms with Gasteiger partial charge in [0, 0.05) is 12.5 Å². The topological polar surface area (TPSA) is 117 Å². The van der Waals surface area contributed by atoms with Crippen molar-refractivity contribution in [1.82, 2.24) is 16.0 Å². The minimum atomic E-state index is -2.77. The molecule has 1 saturated heterocycles. The third-order valence-corrected chi connectivity index (χ3v) is 4.80. The van der Waals surface area contributed by atoms with Gasteiger partial charge in [0.15, 0.2) is 6.10 Å². The molecule has 0 bridgehead atoms. The monoisotopic (exact) mass is 421 g/mol. The SMILES string of the molecule is CC(C)C[C@H](OC(=O)NC(C(C)C)C(F)F)C(=O)N[C@H](CO)C[C@@H]1CCNC1=O. The smallest absolute Gasteiger partial charge is 0.408 e. The average Bonchev–Trinajstić information content (AvgIpc) is 3.02. The fourth-order valence-corrected chi connectivity index (χ4v) is 3.14. The highest BCUT2D eigenvalue weighted by atomic mass is 19.3. The van der Waals surface area contributed by atoms with E-state index in [1.54, 1.807) is 13.8 Å². The number of ether oxygens (including phenoxy) is 1. The first-order valence-electron chi connectivity index (χ1n) is 9.99. The molecule has 1 aliphatic heterocycles. The quantitative estimate of drug-likeness (QED) is 0.403. The molecular formula is C19H33F2N3O5. The van der Waals surface area contributed by atoms with Gasteiger partial charge >= 0.3 is 6.09 Å². The summed E-state index contributed by atoms with van der Waals surface area (Å²) in [4.78, 5) is 36.4. The third-order valence-electron chi connectivity index (χ3n) is 4.80. The van der Waals surface area contributed by atoms with Crippen LogP contribution in [0.4, 0.5) is 13.6 Å². The van der Waals surface area contributed by atoms with E-state index >= 15 is 0 Å². The number of nitrogens with one attached hydrogen (secondary N) is 3. The first-order valence-corrected chi connectivity index (χ1v) is 9.99. The van der Waals surface area contributed by atoms with Crippen LogP contribution in [0.5, 0.6) is 0 Å². The molecule has 0 aromatic rings. The van der Waals surface area contributed by atoms with Crippen LogP contribution in [0, 0.1) is 17.8 Å². The Balaban J connectivity index is 2.72. The lowest BCUT2D eigenvalue weighted by Crippen LogP contribution is -2.49. The molecule has 0 saturated carbocycles. The Morgan fingerprint density at radius 2 is 1.90 bits per heavy atom. The molecule has 10 heteroatoms. The van der Waals surface area contributed by atoms with E-state index in [4.69, 9.17) is 4.74 Å². The summed E-state index contributed by atoms with van der Waals surface area (Å²) in [6.07, 6.45) is -4.01. The molecule has 0 aliphatic carbocycles. The Labute approximate surface area is 170 Å². The van der Waals surface area contributed by atoms with Gasteiger partial charge in [-0.2, -0.15) is 0 Å². The van der Waals surface area contributed by atoms with Gasteiger partial charge in [0.05, 0.1) is 18.7 Å². The van der Waals surface area contributed by atoms with Gasteiger partial charge in [-0.25, -0.2) is 13.6 Å². The van der Waals surface area contributed by atoms with E-state index in [1.807, 2.05) is 13.8 Å². The summed E-state index contributed by atoms with van der Waals surface area (Å²) >= 11 is 0. The Hall–Kier alpha value is -1.97. The number of aliphatic hydroxyl groups is 1. The van der Waals surface area contributed by atoms with Crippen LogP contribution in [0.1, 0.15) is 47.0 Å². The Kier molecular flexibility index (Phi) is 10.3. The molecular weight excluding hydrogens is 388 g/mol. The van der Waals surface area contributed by atoms with E-state index < -0.39 is 42.5 Å². The number of halogens is 2. The van der Waals surface area contributed by atoms with Crippen LogP contribution in [-0.2, 0) is 14.3 Å². The van der Waals surface area contributed by atoms with Crippen molar-refractivity contribution in [2.24, 2.45) is 17.8 Å². The standard InChI is InChI=1S/C19H33F2N3O5/c1-10(2)7-14(29-19(28)24-15(11(3)4)16(20)21)18(27)23-13(9-25)8-12-5-6-22-17(12)26/h10-16,25H,5-9H2,1-4H3,(H,22,26)(H,23,27)(H,24,28)/t12-,13-,14-,15?/m0/s1. The van der Waals surface area contributed by atoms with E-state index in [0.717, 1.165) is 0 Å².